The van der Waals surface area contributed by atoms with Gasteiger partial charge < -0.3 is 10.1 Å². The fourth-order valence-electron chi connectivity index (χ4n) is 2.12. The maximum atomic E-state index is 12.2. The zero-order chi connectivity index (χ0) is 18.6. The number of nitrogens with one attached hydrogen (secondary N) is 1. The number of carbonyl (C=O) groups is 2. The van der Waals surface area contributed by atoms with E-state index in [4.69, 9.17) is 16.3 Å². The number of benzene rings is 2. The van der Waals surface area contributed by atoms with Crippen LogP contribution in [0.4, 0.5) is 11.4 Å². The van der Waals surface area contributed by atoms with E-state index in [9.17, 15) is 19.7 Å². The van der Waals surface area contributed by atoms with Crippen LogP contribution >= 0.6 is 11.6 Å². The van der Waals surface area contributed by atoms with Crippen molar-refractivity contribution in [1.29, 1.82) is 0 Å². The molecule has 0 aromatic heterocycles. The lowest BCUT2D eigenvalue weighted by atomic mass is 10.1. The molecule has 0 aliphatic carbocycles. The number of nitrogens with zero attached hydrogens (tertiary/aromatic N) is 1. The van der Waals surface area contributed by atoms with Gasteiger partial charge in [0.2, 0.25) is 0 Å². The molecular weight excluding hydrogens is 348 g/mol. The van der Waals surface area contributed by atoms with Crippen molar-refractivity contribution in [3.05, 3.63) is 68.7 Å². The first-order chi connectivity index (χ1) is 11.8. The van der Waals surface area contributed by atoms with E-state index in [1.165, 1.54) is 32.0 Å². The lowest BCUT2D eigenvalue weighted by molar-refractivity contribution is -0.385. The highest BCUT2D eigenvalue weighted by molar-refractivity contribution is 6.33. The number of hydrogen-bond acceptors (Lipinski definition) is 5. The standard InChI is InChI=1S/C17H15ClN2O5/c1-10-12(6-5-9-15(10)20(23)24)17(22)25-11(2)16(21)19-14-8-4-3-7-13(14)18/h3-9,11H,1-2H3,(H,19,21). The maximum Gasteiger partial charge on any atom is 0.339 e. The van der Waals surface area contributed by atoms with Crippen molar-refractivity contribution in [2.75, 3.05) is 5.32 Å². The summed E-state index contributed by atoms with van der Waals surface area (Å²) in [7, 11) is 0. The number of halogens is 1. The molecule has 0 heterocycles. The number of hydrogen-bond donors (Lipinski definition) is 1. The summed E-state index contributed by atoms with van der Waals surface area (Å²) in [6, 6.07) is 10.7. The monoisotopic (exact) mass is 362 g/mol. The molecule has 2 rings (SSSR count). The average Bonchev–Trinajstić information content (AvgIpc) is 2.56. The molecule has 2 aromatic carbocycles. The largest absolute Gasteiger partial charge is 0.449 e. The predicted molar refractivity (Wildman–Crippen MR) is 92.8 cm³/mol. The smallest absolute Gasteiger partial charge is 0.339 e. The minimum Gasteiger partial charge on any atom is -0.449 e. The summed E-state index contributed by atoms with van der Waals surface area (Å²) in [6.07, 6.45) is -1.11. The average molecular weight is 363 g/mol. The van der Waals surface area contributed by atoms with Gasteiger partial charge in [-0.1, -0.05) is 29.8 Å². The number of nitro benzene ring substituents is 1. The van der Waals surface area contributed by atoms with Gasteiger partial charge in [0.1, 0.15) is 0 Å². The van der Waals surface area contributed by atoms with Crippen LogP contribution in [-0.2, 0) is 9.53 Å². The van der Waals surface area contributed by atoms with Crippen molar-refractivity contribution in [2.45, 2.75) is 20.0 Å². The van der Waals surface area contributed by atoms with Crippen molar-refractivity contribution >= 4 is 34.9 Å². The molecule has 1 N–H and O–H groups in total. The highest BCUT2D eigenvalue weighted by atomic mass is 35.5. The van der Waals surface area contributed by atoms with Crippen molar-refractivity contribution in [1.82, 2.24) is 0 Å². The lowest BCUT2D eigenvalue weighted by Gasteiger charge is -2.15. The molecule has 0 spiro atoms. The van der Waals surface area contributed by atoms with E-state index in [1.54, 1.807) is 24.3 Å². The molecule has 1 amide bonds. The Morgan fingerprint density at radius 2 is 1.88 bits per heavy atom. The second kappa shape index (κ2) is 7.76. The number of para-hydroxylation sites is 1. The molecule has 130 valence electrons. The number of ether oxygens (including phenoxy) is 1. The van der Waals surface area contributed by atoms with Gasteiger partial charge in [-0.25, -0.2) is 4.79 Å². The molecule has 0 fully saturated rings. The Balaban J connectivity index is 2.10. The van der Waals surface area contributed by atoms with Gasteiger partial charge in [0.25, 0.3) is 11.6 Å². The van der Waals surface area contributed by atoms with E-state index in [0.717, 1.165) is 0 Å². The first-order valence-corrected chi connectivity index (χ1v) is 7.69. The van der Waals surface area contributed by atoms with Gasteiger partial charge in [0.05, 0.1) is 21.2 Å². The molecule has 0 saturated heterocycles. The summed E-state index contributed by atoms with van der Waals surface area (Å²) in [5.74, 6) is -1.38. The summed E-state index contributed by atoms with van der Waals surface area (Å²) in [4.78, 5) is 34.7. The van der Waals surface area contributed by atoms with Crippen molar-refractivity contribution in [3.8, 4) is 0 Å². The normalized spacial score (nSPS) is 11.5. The minimum atomic E-state index is -1.11. The minimum absolute atomic E-state index is 0.0339. The zero-order valence-electron chi connectivity index (χ0n) is 13.5. The number of carbonyl (C=O) groups excluding carboxylic acids is 2. The van der Waals surface area contributed by atoms with Crippen LogP contribution in [0.2, 0.25) is 5.02 Å². The van der Waals surface area contributed by atoms with Crippen LogP contribution in [0.25, 0.3) is 0 Å². The summed E-state index contributed by atoms with van der Waals surface area (Å²) in [5, 5.41) is 13.8. The Kier molecular flexibility index (Phi) is 5.71. The van der Waals surface area contributed by atoms with E-state index in [0.29, 0.717) is 10.7 Å². The summed E-state index contributed by atoms with van der Waals surface area (Å²) in [5.41, 5.74) is 0.411. The molecular formula is C17H15ClN2O5. The quantitative estimate of drug-likeness (QED) is 0.496. The second-order valence-electron chi connectivity index (χ2n) is 5.22. The third-order valence-electron chi connectivity index (χ3n) is 3.51. The Hall–Kier alpha value is -2.93. The molecule has 0 bridgehead atoms. The summed E-state index contributed by atoms with van der Waals surface area (Å²) in [6.45, 7) is 2.85. The molecule has 1 atom stereocenters. The number of esters is 1. The Morgan fingerprint density at radius 1 is 1.20 bits per heavy atom. The van der Waals surface area contributed by atoms with E-state index >= 15 is 0 Å². The summed E-state index contributed by atoms with van der Waals surface area (Å²) >= 11 is 5.96. The molecule has 2 aromatic rings. The number of anilines is 1. The summed E-state index contributed by atoms with van der Waals surface area (Å²) < 4.78 is 5.11. The van der Waals surface area contributed by atoms with Gasteiger partial charge >= 0.3 is 5.97 Å². The third-order valence-corrected chi connectivity index (χ3v) is 3.84. The molecule has 1 unspecified atom stereocenters. The first kappa shape index (κ1) is 18.4. The number of rotatable bonds is 5. The van der Waals surface area contributed by atoms with Crippen LogP contribution in [0.3, 0.4) is 0 Å². The maximum absolute atomic E-state index is 12.2. The molecule has 0 saturated carbocycles. The van der Waals surface area contributed by atoms with Crippen molar-refractivity contribution < 1.29 is 19.2 Å². The fourth-order valence-corrected chi connectivity index (χ4v) is 2.30. The molecule has 0 aliphatic heterocycles. The van der Waals surface area contributed by atoms with Crippen LogP contribution < -0.4 is 5.32 Å². The first-order valence-electron chi connectivity index (χ1n) is 7.31. The molecule has 25 heavy (non-hydrogen) atoms. The SMILES string of the molecule is Cc1c(C(=O)OC(C)C(=O)Nc2ccccc2Cl)cccc1[N+](=O)[O-]. The van der Waals surface area contributed by atoms with Crippen LogP contribution in [-0.4, -0.2) is 22.9 Å². The molecule has 7 nitrogen and oxygen atoms in total. The molecule has 8 heteroatoms. The van der Waals surface area contributed by atoms with E-state index in [2.05, 4.69) is 5.32 Å². The van der Waals surface area contributed by atoms with Gasteiger partial charge in [-0.2, -0.15) is 0 Å². The van der Waals surface area contributed by atoms with E-state index < -0.39 is 22.9 Å². The molecule has 0 radical (unpaired) electrons. The number of amides is 1. The lowest BCUT2D eigenvalue weighted by Crippen LogP contribution is -2.30. The van der Waals surface area contributed by atoms with Crippen LogP contribution in [0.5, 0.6) is 0 Å². The zero-order valence-corrected chi connectivity index (χ0v) is 14.2. The highest BCUT2D eigenvalue weighted by Gasteiger charge is 2.23. The van der Waals surface area contributed by atoms with Crippen LogP contribution in [0.1, 0.15) is 22.8 Å². The Labute approximate surface area is 148 Å². The Bertz CT molecular complexity index is 838. The van der Waals surface area contributed by atoms with Crippen molar-refractivity contribution in [2.24, 2.45) is 0 Å². The highest BCUT2D eigenvalue weighted by Crippen LogP contribution is 2.23. The number of nitro groups is 1. The van der Waals surface area contributed by atoms with Gasteiger partial charge in [-0.05, 0) is 32.0 Å². The fraction of sp³-hybridized carbons (Fsp3) is 0.176. The van der Waals surface area contributed by atoms with Gasteiger partial charge in [-0.15, -0.1) is 0 Å². The van der Waals surface area contributed by atoms with Crippen LogP contribution in [0, 0.1) is 17.0 Å². The Morgan fingerprint density at radius 3 is 2.52 bits per heavy atom. The van der Waals surface area contributed by atoms with Gasteiger partial charge in [0, 0.05) is 11.6 Å². The van der Waals surface area contributed by atoms with E-state index in [1.807, 2.05) is 0 Å². The third kappa shape index (κ3) is 4.33. The molecule has 0 aliphatic rings. The topological polar surface area (TPSA) is 98.5 Å². The second-order valence-corrected chi connectivity index (χ2v) is 5.63. The van der Waals surface area contributed by atoms with Crippen molar-refractivity contribution in [3.63, 3.8) is 0 Å². The van der Waals surface area contributed by atoms with Gasteiger partial charge in [-0.3, -0.25) is 14.9 Å². The van der Waals surface area contributed by atoms with Gasteiger partial charge in [0.15, 0.2) is 6.10 Å². The van der Waals surface area contributed by atoms with Crippen LogP contribution in [0.15, 0.2) is 42.5 Å². The van der Waals surface area contributed by atoms with E-state index in [-0.39, 0.29) is 16.8 Å². The predicted octanol–water partition coefficient (Wildman–Crippen LogP) is 3.74.